The number of ether oxygens (including phenoxy) is 2. The Morgan fingerprint density at radius 2 is 1.68 bits per heavy atom. The van der Waals surface area contributed by atoms with Gasteiger partial charge in [0.15, 0.2) is 0 Å². The van der Waals surface area contributed by atoms with E-state index in [0.29, 0.717) is 30.2 Å². The highest BCUT2D eigenvalue weighted by atomic mass is 16.5. The minimum atomic E-state index is -0.363. The first-order valence-corrected chi connectivity index (χ1v) is 17.6. The zero-order valence-corrected chi connectivity index (χ0v) is 29.0. The monoisotopic (exact) mass is 605 g/mol. The predicted octanol–water partition coefficient (Wildman–Crippen LogP) is 8.34. The molecule has 1 amide bonds. The van der Waals surface area contributed by atoms with E-state index in [0.717, 1.165) is 62.0 Å². The lowest BCUT2D eigenvalue weighted by molar-refractivity contribution is -0.204. The Morgan fingerprint density at radius 1 is 0.932 bits per heavy atom. The number of carbonyl (C=O) groups is 1. The molecule has 2 N–H and O–H groups in total. The average Bonchev–Trinajstić information content (AvgIpc) is 3.00. The van der Waals surface area contributed by atoms with Crippen molar-refractivity contribution in [3.8, 4) is 11.5 Å². The molecule has 4 fully saturated rings. The molecule has 6 rings (SSSR count). The van der Waals surface area contributed by atoms with Crippen molar-refractivity contribution in [2.75, 3.05) is 14.2 Å². The minimum Gasteiger partial charge on any atom is -0.497 e. The van der Waals surface area contributed by atoms with E-state index < -0.39 is 0 Å². The molecule has 5 aliphatic rings. The number of nitrogens with one attached hydrogen (secondary N) is 1. The highest BCUT2D eigenvalue weighted by molar-refractivity contribution is 5.84. The zero-order valence-electron chi connectivity index (χ0n) is 29.0. The maximum Gasteiger partial charge on any atom is 0.227 e. The lowest BCUT2D eigenvalue weighted by Gasteiger charge is -2.71. The van der Waals surface area contributed by atoms with Gasteiger partial charge in [0.2, 0.25) is 5.91 Å². The number of methoxy groups -OCH3 is 2. The Morgan fingerprint density at radius 3 is 2.39 bits per heavy atom. The number of aliphatic hydroxyl groups excluding tert-OH is 1. The van der Waals surface area contributed by atoms with Gasteiger partial charge in [0.05, 0.1) is 25.7 Å². The maximum atomic E-state index is 14.6. The second-order valence-electron chi connectivity index (χ2n) is 17.0. The van der Waals surface area contributed by atoms with Crippen molar-refractivity contribution in [2.24, 2.45) is 56.7 Å². The Bertz CT molecular complexity index is 1320. The minimum absolute atomic E-state index is 0.0427. The molecular formula is C39H59NO4. The fourth-order valence-corrected chi connectivity index (χ4v) is 12.2. The summed E-state index contributed by atoms with van der Waals surface area (Å²) >= 11 is 0. The molecule has 0 bridgehead atoms. The van der Waals surface area contributed by atoms with Crippen molar-refractivity contribution < 1.29 is 19.4 Å². The Hall–Kier alpha value is -2.01. The largest absolute Gasteiger partial charge is 0.497 e. The summed E-state index contributed by atoms with van der Waals surface area (Å²) in [6, 6.07) is 5.84. The molecule has 0 heterocycles. The number of fused-ring (bicyclic) bond motifs is 7. The van der Waals surface area contributed by atoms with Crippen LogP contribution in [0.25, 0.3) is 0 Å². The zero-order chi connectivity index (χ0) is 31.9. The molecule has 10 atom stereocenters. The number of rotatable bonds is 5. The van der Waals surface area contributed by atoms with Crippen LogP contribution in [0, 0.1) is 56.7 Å². The summed E-state index contributed by atoms with van der Waals surface area (Å²) in [5.74, 6) is 4.23. The van der Waals surface area contributed by atoms with E-state index in [1.807, 2.05) is 18.2 Å². The standard InChI is InChI=1S/C39H59NO4/c1-24-14-19-39(34(42)40-23-26-10-11-27(43-8)22-29(26)44-9)21-20-37(6)28(33(39)25(24)2)12-13-31-36(5)17-16-32(41)35(3,4)30(36)15-18-38(31,37)7/h10-12,22,24-25,30-33,41H,13-21,23H2,1-9H3,(H,40,42)/t24-,25+,30+,31-,32+,33+,36+,37-,38-,39+/m1/s1. The van der Waals surface area contributed by atoms with Crippen molar-refractivity contribution >= 4 is 5.91 Å². The van der Waals surface area contributed by atoms with Crippen LogP contribution in [0.5, 0.6) is 11.5 Å². The van der Waals surface area contributed by atoms with Gasteiger partial charge < -0.3 is 19.9 Å². The molecule has 44 heavy (non-hydrogen) atoms. The third-order valence-electron chi connectivity index (χ3n) is 15.4. The summed E-state index contributed by atoms with van der Waals surface area (Å²) in [4.78, 5) is 14.6. The smallest absolute Gasteiger partial charge is 0.227 e. The van der Waals surface area contributed by atoms with Crippen LogP contribution < -0.4 is 14.8 Å². The third-order valence-corrected chi connectivity index (χ3v) is 15.4. The van der Waals surface area contributed by atoms with E-state index in [2.05, 4.69) is 59.9 Å². The number of amides is 1. The molecule has 1 aromatic rings. The molecule has 0 unspecified atom stereocenters. The maximum absolute atomic E-state index is 14.6. The first-order valence-electron chi connectivity index (χ1n) is 17.6. The molecule has 5 aliphatic carbocycles. The highest BCUT2D eigenvalue weighted by Gasteiger charge is 2.69. The Kier molecular flexibility index (Phi) is 7.83. The van der Waals surface area contributed by atoms with E-state index in [9.17, 15) is 9.90 Å². The first-order chi connectivity index (χ1) is 20.7. The second-order valence-corrected chi connectivity index (χ2v) is 17.0. The van der Waals surface area contributed by atoms with Crippen molar-refractivity contribution in [3.63, 3.8) is 0 Å². The van der Waals surface area contributed by atoms with Crippen LogP contribution in [-0.4, -0.2) is 31.3 Å². The Balaban J connectivity index is 1.34. The van der Waals surface area contributed by atoms with Crippen molar-refractivity contribution in [2.45, 2.75) is 119 Å². The van der Waals surface area contributed by atoms with E-state index >= 15 is 0 Å². The third kappa shape index (κ3) is 4.29. The van der Waals surface area contributed by atoms with Gasteiger partial charge in [-0.15, -0.1) is 0 Å². The van der Waals surface area contributed by atoms with Gasteiger partial charge in [-0.1, -0.05) is 60.1 Å². The lowest BCUT2D eigenvalue weighted by atomic mass is 9.33. The number of benzene rings is 1. The lowest BCUT2D eigenvalue weighted by Crippen LogP contribution is -2.66. The van der Waals surface area contributed by atoms with Crippen LogP contribution in [0.2, 0.25) is 0 Å². The SMILES string of the molecule is COc1ccc(CNC(=O)[C@]23CC[C@@H](C)[C@H](C)[C@H]2C2=CC[C@@H]4[C@@]5(C)CC[C@H](O)C(C)(C)[C@@H]5CC[C@@]4(C)[C@]2(C)CC3)c(OC)c1. The number of hydrogen-bond acceptors (Lipinski definition) is 4. The molecular weight excluding hydrogens is 546 g/mol. The molecule has 0 aliphatic heterocycles. The molecule has 4 saturated carbocycles. The summed E-state index contributed by atoms with van der Waals surface area (Å²) in [6.45, 7) is 17.8. The normalized spacial score (nSPS) is 44.2. The van der Waals surface area contributed by atoms with Gasteiger partial charge in [-0.05, 0) is 121 Å². The van der Waals surface area contributed by atoms with Gasteiger partial charge in [0.1, 0.15) is 11.5 Å². The van der Waals surface area contributed by atoms with Crippen LogP contribution in [0.3, 0.4) is 0 Å². The van der Waals surface area contributed by atoms with E-state index in [-0.39, 0.29) is 45.0 Å². The number of allylic oxidation sites excluding steroid dienone is 2. The van der Waals surface area contributed by atoms with Crippen molar-refractivity contribution in [3.05, 3.63) is 35.4 Å². The summed E-state index contributed by atoms with van der Waals surface area (Å²) < 4.78 is 11.1. The van der Waals surface area contributed by atoms with Gasteiger partial charge in [-0.3, -0.25) is 4.79 Å². The molecule has 0 spiro atoms. The molecule has 5 heteroatoms. The molecule has 0 aromatic heterocycles. The molecule has 1 aromatic carbocycles. The number of hydrogen-bond donors (Lipinski definition) is 2. The number of aliphatic hydroxyl groups is 1. The molecule has 5 nitrogen and oxygen atoms in total. The van der Waals surface area contributed by atoms with Gasteiger partial charge in [0.25, 0.3) is 0 Å². The fraction of sp³-hybridized carbons (Fsp3) is 0.769. The van der Waals surface area contributed by atoms with Crippen LogP contribution in [0.15, 0.2) is 29.8 Å². The average molecular weight is 606 g/mol. The fourth-order valence-electron chi connectivity index (χ4n) is 12.2. The predicted molar refractivity (Wildman–Crippen MR) is 176 cm³/mol. The van der Waals surface area contributed by atoms with Crippen LogP contribution >= 0.6 is 0 Å². The van der Waals surface area contributed by atoms with Gasteiger partial charge in [0, 0.05) is 18.2 Å². The summed E-state index contributed by atoms with van der Waals surface area (Å²) in [5.41, 5.74) is 2.69. The summed E-state index contributed by atoms with van der Waals surface area (Å²) in [6.07, 6.45) is 12.1. The topological polar surface area (TPSA) is 67.8 Å². The van der Waals surface area contributed by atoms with Crippen molar-refractivity contribution in [1.29, 1.82) is 0 Å². The van der Waals surface area contributed by atoms with Crippen molar-refractivity contribution in [1.82, 2.24) is 5.32 Å². The number of carbonyl (C=O) groups excluding carboxylic acids is 1. The van der Waals surface area contributed by atoms with Crippen LogP contribution in [0.1, 0.15) is 112 Å². The first kappa shape index (κ1) is 32.0. The second kappa shape index (κ2) is 10.8. The van der Waals surface area contributed by atoms with Gasteiger partial charge >= 0.3 is 0 Å². The Labute approximate surface area is 266 Å². The quantitative estimate of drug-likeness (QED) is 0.331. The van der Waals surface area contributed by atoms with Crippen LogP contribution in [-0.2, 0) is 11.3 Å². The summed E-state index contributed by atoms with van der Waals surface area (Å²) in [7, 11) is 3.33. The van der Waals surface area contributed by atoms with Crippen LogP contribution in [0.4, 0.5) is 0 Å². The van der Waals surface area contributed by atoms with E-state index in [1.54, 1.807) is 19.8 Å². The highest BCUT2D eigenvalue weighted by Crippen LogP contribution is 2.75. The van der Waals surface area contributed by atoms with Gasteiger partial charge in [-0.25, -0.2) is 0 Å². The van der Waals surface area contributed by atoms with E-state index in [4.69, 9.17) is 9.47 Å². The van der Waals surface area contributed by atoms with E-state index in [1.165, 1.54) is 12.8 Å². The van der Waals surface area contributed by atoms with Gasteiger partial charge in [-0.2, -0.15) is 0 Å². The molecule has 0 saturated heterocycles. The molecule has 244 valence electrons. The molecule has 0 radical (unpaired) electrons. The summed E-state index contributed by atoms with van der Waals surface area (Å²) in [5, 5.41) is 14.5.